The number of methoxy groups -OCH3 is 1. The van der Waals surface area contributed by atoms with Gasteiger partial charge in [0.05, 0.1) is 12.0 Å². The van der Waals surface area contributed by atoms with Crippen LogP contribution in [0.4, 0.5) is 0 Å². The average Bonchev–Trinajstić information content (AvgIpc) is 2.62. The third kappa shape index (κ3) is 2.49. The number of phenols is 1. The molecule has 0 spiro atoms. The van der Waals surface area contributed by atoms with Gasteiger partial charge in [-0.05, 0) is 36.3 Å². The van der Waals surface area contributed by atoms with Crippen molar-refractivity contribution in [1.82, 2.24) is 5.32 Å². The van der Waals surface area contributed by atoms with E-state index in [1.165, 1.54) is 18.9 Å². The lowest BCUT2D eigenvalue weighted by molar-refractivity contribution is -0.115. The Kier molecular flexibility index (Phi) is 3.58. The molecule has 1 aromatic rings. The first-order chi connectivity index (χ1) is 8.51. The van der Waals surface area contributed by atoms with Gasteiger partial charge in [0.15, 0.2) is 11.5 Å². The van der Waals surface area contributed by atoms with E-state index in [2.05, 4.69) is 5.32 Å². The number of phenolic OH excluding ortho intramolecular Hbond substituents is 1. The molecule has 18 heavy (non-hydrogen) atoms. The molecule has 0 aromatic heterocycles. The number of hydrogen-bond donors (Lipinski definition) is 2. The SMILES string of the molecule is COc1cc(/C=C2\SC(=S)NC2=O)cc(C)c1O. The largest absolute Gasteiger partial charge is 0.504 e. The maximum atomic E-state index is 11.5. The number of benzene rings is 1. The Bertz CT molecular complexity index is 567. The van der Waals surface area contributed by atoms with Crippen LogP contribution >= 0.6 is 24.0 Å². The van der Waals surface area contributed by atoms with Crippen LogP contribution in [0.1, 0.15) is 11.1 Å². The second-order valence-electron chi connectivity index (χ2n) is 3.74. The van der Waals surface area contributed by atoms with Gasteiger partial charge in [0.2, 0.25) is 0 Å². The highest BCUT2D eigenvalue weighted by Gasteiger charge is 2.22. The van der Waals surface area contributed by atoms with E-state index < -0.39 is 0 Å². The van der Waals surface area contributed by atoms with Gasteiger partial charge in [-0.3, -0.25) is 4.79 Å². The molecule has 0 radical (unpaired) electrons. The quantitative estimate of drug-likeness (QED) is 0.643. The molecular weight excluding hydrogens is 270 g/mol. The van der Waals surface area contributed by atoms with E-state index in [1.807, 2.05) is 0 Å². The molecule has 2 N–H and O–H groups in total. The lowest BCUT2D eigenvalue weighted by Gasteiger charge is -2.07. The van der Waals surface area contributed by atoms with E-state index in [4.69, 9.17) is 17.0 Å². The van der Waals surface area contributed by atoms with Crippen LogP contribution in [0.5, 0.6) is 11.5 Å². The summed E-state index contributed by atoms with van der Waals surface area (Å²) in [5, 5.41) is 12.3. The molecule has 1 aliphatic rings. The number of amides is 1. The smallest absolute Gasteiger partial charge is 0.263 e. The van der Waals surface area contributed by atoms with Crippen LogP contribution < -0.4 is 10.1 Å². The van der Waals surface area contributed by atoms with Gasteiger partial charge in [-0.1, -0.05) is 24.0 Å². The predicted octanol–water partition coefficient (Wildman–Crippen LogP) is 2.20. The molecule has 0 atom stereocenters. The molecule has 1 heterocycles. The highest BCUT2D eigenvalue weighted by molar-refractivity contribution is 8.26. The molecule has 1 amide bonds. The molecule has 1 fully saturated rings. The molecule has 2 rings (SSSR count). The zero-order valence-electron chi connectivity index (χ0n) is 9.81. The number of aromatic hydroxyl groups is 1. The fourth-order valence-electron chi connectivity index (χ4n) is 1.59. The van der Waals surface area contributed by atoms with Crippen LogP contribution in [0.15, 0.2) is 17.0 Å². The van der Waals surface area contributed by atoms with Crippen molar-refractivity contribution in [2.75, 3.05) is 7.11 Å². The van der Waals surface area contributed by atoms with Gasteiger partial charge >= 0.3 is 0 Å². The fourth-order valence-corrected chi connectivity index (χ4v) is 2.63. The first kappa shape index (κ1) is 12.9. The summed E-state index contributed by atoms with van der Waals surface area (Å²) < 4.78 is 5.52. The molecular formula is C12H11NO3S2. The van der Waals surface area contributed by atoms with Gasteiger partial charge < -0.3 is 15.2 Å². The Hall–Kier alpha value is -1.53. The zero-order valence-corrected chi connectivity index (χ0v) is 11.4. The Balaban J connectivity index is 2.41. The Morgan fingerprint density at radius 3 is 2.78 bits per heavy atom. The summed E-state index contributed by atoms with van der Waals surface area (Å²) in [5.74, 6) is 0.293. The number of carbonyl (C=O) groups is 1. The molecule has 0 aliphatic carbocycles. The summed E-state index contributed by atoms with van der Waals surface area (Å²) in [6, 6.07) is 3.45. The van der Waals surface area contributed by atoms with Gasteiger partial charge in [0, 0.05) is 0 Å². The monoisotopic (exact) mass is 281 g/mol. The van der Waals surface area contributed by atoms with Crippen molar-refractivity contribution in [2.45, 2.75) is 6.92 Å². The number of hydrogen-bond acceptors (Lipinski definition) is 5. The first-order valence-electron chi connectivity index (χ1n) is 5.13. The minimum Gasteiger partial charge on any atom is -0.504 e. The topological polar surface area (TPSA) is 58.6 Å². The van der Waals surface area contributed by atoms with E-state index in [9.17, 15) is 9.90 Å². The number of nitrogens with one attached hydrogen (secondary N) is 1. The van der Waals surface area contributed by atoms with Gasteiger partial charge in [0.25, 0.3) is 5.91 Å². The van der Waals surface area contributed by atoms with Gasteiger partial charge in [-0.2, -0.15) is 0 Å². The highest BCUT2D eigenvalue weighted by Crippen LogP contribution is 2.33. The minimum atomic E-state index is -0.199. The van der Waals surface area contributed by atoms with E-state index in [1.54, 1.807) is 25.1 Å². The van der Waals surface area contributed by atoms with Crippen LogP contribution in [-0.2, 0) is 4.79 Å². The van der Waals surface area contributed by atoms with Crippen molar-refractivity contribution in [3.63, 3.8) is 0 Å². The first-order valence-corrected chi connectivity index (χ1v) is 6.36. The van der Waals surface area contributed by atoms with E-state index in [-0.39, 0.29) is 11.7 Å². The molecule has 4 nitrogen and oxygen atoms in total. The molecule has 0 bridgehead atoms. The zero-order chi connectivity index (χ0) is 13.3. The lowest BCUT2D eigenvalue weighted by atomic mass is 10.1. The molecule has 94 valence electrons. The number of ether oxygens (including phenoxy) is 1. The molecule has 1 aromatic carbocycles. The van der Waals surface area contributed by atoms with Crippen LogP contribution in [0.25, 0.3) is 6.08 Å². The third-order valence-electron chi connectivity index (χ3n) is 2.45. The van der Waals surface area contributed by atoms with Gasteiger partial charge in [0.1, 0.15) is 4.32 Å². The number of carbonyl (C=O) groups excluding carboxylic acids is 1. The normalized spacial score (nSPS) is 17.1. The maximum Gasteiger partial charge on any atom is 0.263 e. The number of aryl methyl sites for hydroxylation is 1. The second kappa shape index (κ2) is 4.99. The minimum absolute atomic E-state index is 0.110. The van der Waals surface area contributed by atoms with Crippen LogP contribution in [0.3, 0.4) is 0 Å². The number of thiocarbonyl (C=S) groups is 1. The van der Waals surface area contributed by atoms with E-state index in [0.29, 0.717) is 20.5 Å². The summed E-state index contributed by atoms with van der Waals surface area (Å²) >= 11 is 6.13. The Morgan fingerprint density at radius 1 is 1.50 bits per heavy atom. The molecule has 1 saturated heterocycles. The summed E-state index contributed by atoms with van der Waals surface area (Å²) in [6.45, 7) is 1.77. The van der Waals surface area contributed by atoms with Crippen molar-refractivity contribution in [1.29, 1.82) is 0 Å². The Morgan fingerprint density at radius 2 is 2.22 bits per heavy atom. The molecule has 0 saturated carbocycles. The summed E-state index contributed by atoms with van der Waals surface area (Å²) in [6.07, 6.45) is 1.72. The maximum absolute atomic E-state index is 11.5. The average molecular weight is 281 g/mol. The third-order valence-corrected chi connectivity index (χ3v) is 3.61. The number of rotatable bonds is 2. The van der Waals surface area contributed by atoms with Crippen molar-refractivity contribution in [3.8, 4) is 11.5 Å². The summed E-state index contributed by atoms with van der Waals surface area (Å²) in [7, 11) is 1.48. The summed E-state index contributed by atoms with van der Waals surface area (Å²) in [4.78, 5) is 12.1. The molecule has 0 unspecified atom stereocenters. The van der Waals surface area contributed by atoms with Crippen molar-refractivity contribution >= 4 is 40.3 Å². The van der Waals surface area contributed by atoms with Crippen LogP contribution in [-0.4, -0.2) is 22.4 Å². The van der Waals surface area contributed by atoms with E-state index in [0.717, 1.165) is 5.56 Å². The molecule has 6 heteroatoms. The predicted molar refractivity (Wildman–Crippen MR) is 75.7 cm³/mol. The molecule has 1 aliphatic heterocycles. The highest BCUT2D eigenvalue weighted by atomic mass is 32.2. The fraction of sp³-hybridized carbons (Fsp3) is 0.167. The van der Waals surface area contributed by atoms with Crippen molar-refractivity contribution < 1.29 is 14.6 Å². The summed E-state index contributed by atoms with van der Waals surface area (Å²) in [5.41, 5.74) is 1.47. The van der Waals surface area contributed by atoms with Gasteiger partial charge in [-0.25, -0.2) is 0 Å². The van der Waals surface area contributed by atoms with Crippen molar-refractivity contribution in [2.24, 2.45) is 0 Å². The second-order valence-corrected chi connectivity index (χ2v) is 5.46. The standard InChI is InChI=1S/C12H11NO3S2/c1-6-3-7(4-8(16-2)10(6)14)5-9-11(15)13-12(17)18-9/h3-5,14H,1-2H3,(H,13,15,17)/b9-5-. The van der Waals surface area contributed by atoms with Crippen molar-refractivity contribution in [3.05, 3.63) is 28.2 Å². The van der Waals surface area contributed by atoms with Gasteiger partial charge in [-0.15, -0.1) is 0 Å². The van der Waals surface area contributed by atoms with E-state index >= 15 is 0 Å². The lowest BCUT2D eigenvalue weighted by Crippen LogP contribution is -2.17. The van der Waals surface area contributed by atoms with Crippen LogP contribution in [0, 0.1) is 6.92 Å². The Labute approximate surface area is 114 Å². The van der Waals surface area contributed by atoms with Crippen LogP contribution in [0.2, 0.25) is 0 Å². The number of thioether (sulfide) groups is 1.